The number of likely N-dealkylation sites (tertiary alicyclic amines) is 1. The number of thiocarbonyl (C=S) groups is 1. The molecule has 1 aliphatic rings. The highest BCUT2D eigenvalue weighted by atomic mass is 32.1. The molecule has 0 unspecified atom stereocenters. The lowest BCUT2D eigenvalue weighted by molar-refractivity contribution is 0.346. The molecule has 0 aliphatic carbocycles. The first-order chi connectivity index (χ1) is 9.49. The minimum atomic E-state index is 0.429. The zero-order chi connectivity index (χ0) is 14.7. The molecule has 4 nitrogen and oxygen atoms in total. The van der Waals surface area contributed by atoms with Crippen LogP contribution in [0, 0.1) is 13.8 Å². The van der Waals surface area contributed by atoms with Gasteiger partial charge in [-0.3, -0.25) is 0 Å². The van der Waals surface area contributed by atoms with E-state index in [-0.39, 0.29) is 0 Å². The molecule has 0 spiro atoms. The second kappa shape index (κ2) is 6.50. The van der Waals surface area contributed by atoms with Crippen molar-refractivity contribution in [1.82, 2.24) is 9.88 Å². The van der Waals surface area contributed by atoms with Crippen LogP contribution in [0.15, 0.2) is 6.07 Å². The summed E-state index contributed by atoms with van der Waals surface area (Å²) in [7, 11) is 2.07. The van der Waals surface area contributed by atoms with Crippen LogP contribution in [0.3, 0.4) is 0 Å². The minimum Gasteiger partial charge on any atom is -0.389 e. The predicted octanol–water partition coefficient (Wildman–Crippen LogP) is 1.86. The van der Waals surface area contributed by atoms with Crippen LogP contribution in [-0.4, -0.2) is 48.1 Å². The Balaban J connectivity index is 2.15. The van der Waals surface area contributed by atoms with Crippen LogP contribution < -0.4 is 10.6 Å². The highest BCUT2D eigenvalue weighted by Gasteiger charge is 2.17. The summed E-state index contributed by atoms with van der Waals surface area (Å²) in [4.78, 5) is 9.74. The molecule has 1 saturated heterocycles. The van der Waals surface area contributed by atoms with Crippen molar-refractivity contribution in [1.29, 1.82) is 0 Å². The number of anilines is 1. The van der Waals surface area contributed by atoms with Crippen LogP contribution in [-0.2, 0) is 0 Å². The van der Waals surface area contributed by atoms with Crippen molar-refractivity contribution in [3.8, 4) is 0 Å². The van der Waals surface area contributed by atoms with Crippen LogP contribution in [0.4, 0.5) is 5.82 Å². The molecule has 2 rings (SSSR count). The maximum Gasteiger partial charge on any atom is 0.139 e. The Hall–Kier alpha value is -1.20. The van der Waals surface area contributed by atoms with E-state index in [1.807, 2.05) is 19.9 Å². The number of pyridine rings is 1. The van der Waals surface area contributed by atoms with Crippen LogP contribution in [0.5, 0.6) is 0 Å². The average molecular weight is 292 g/mol. The molecule has 20 heavy (non-hydrogen) atoms. The number of aryl methyl sites for hydroxylation is 2. The molecule has 0 radical (unpaired) electrons. The Bertz CT molecular complexity index is 495. The van der Waals surface area contributed by atoms with E-state index in [0.29, 0.717) is 4.99 Å². The number of likely N-dealkylation sites (N-methyl/N-ethyl adjacent to an activating group) is 1. The van der Waals surface area contributed by atoms with Gasteiger partial charge in [0.1, 0.15) is 10.8 Å². The molecule has 1 aromatic heterocycles. The first-order valence-corrected chi connectivity index (χ1v) is 7.61. The van der Waals surface area contributed by atoms with E-state index >= 15 is 0 Å². The second-order valence-electron chi connectivity index (χ2n) is 5.61. The molecule has 0 bridgehead atoms. The van der Waals surface area contributed by atoms with Gasteiger partial charge in [-0.1, -0.05) is 12.2 Å². The third kappa shape index (κ3) is 3.46. The largest absolute Gasteiger partial charge is 0.389 e. The Labute approximate surface area is 127 Å². The monoisotopic (exact) mass is 292 g/mol. The normalized spacial score (nSPS) is 15.6. The maximum absolute atomic E-state index is 5.88. The molecular formula is C15H24N4S. The summed E-state index contributed by atoms with van der Waals surface area (Å²) < 4.78 is 0. The fraction of sp³-hybridized carbons (Fsp3) is 0.600. The lowest BCUT2D eigenvalue weighted by Gasteiger charge is -2.25. The highest BCUT2D eigenvalue weighted by Crippen LogP contribution is 2.21. The van der Waals surface area contributed by atoms with Crippen molar-refractivity contribution in [2.24, 2.45) is 5.73 Å². The quantitative estimate of drug-likeness (QED) is 0.839. The molecule has 2 heterocycles. The van der Waals surface area contributed by atoms with Crippen molar-refractivity contribution in [3.05, 3.63) is 22.9 Å². The number of nitrogens with two attached hydrogens (primary N) is 1. The summed E-state index contributed by atoms with van der Waals surface area (Å²) in [5.41, 5.74) is 8.90. The molecule has 1 fully saturated rings. The summed E-state index contributed by atoms with van der Waals surface area (Å²) >= 11 is 5.19. The number of nitrogens with zero attached hydrogens (tertiary/aromatic N) is 3. The Morgan fingerprint density at radius 2 is 2.05 bits per heavy atom. The Morgan fingerprint density at radius 1 is 1.40 bits per heavy atom. The molecule has 0 amide bonds. The lowest BCUT2D eigenvalue weighted by atomic mass is 10.1. The molecule has 0 atom stereocenters. The van der Waals surface area contributed by atoms with Crippen molar-refractivity contribution in [3.63, 3.8) is 0 Å². The Kier molecular flexibility index (Phi) is 4.94. The molecule has 0 saturated carbocycles. The molecule has 110 valence electrons. The standard InChI is InChI=1S/C15H24N4S/c1-11-10-12(2)17-15(13(11)14(16)20)18(3)8-9-19-6-4-5-7-19/h10H,4-9H2,1-3H3,(H2,16,20). The number of rotatable bonds is 5. The lowest BCUT2D eigenvalue weighted by Crippen LogP contribution is -2.33. The van der Waals surface area contributed by atoms with Crippen molar-refractivity contribution < 1.29 is 0 Å². The SMILES string of the molecule is Cc1cc(C)c(C(N)=S)c(N(C)CCN2CCCC2)n1. The van der Waals surface area contributed by atoms with Gasteiger partial charge in [0.2, 0.25) is 0 Å². The molecule has 0 aromatic carbocycles. The summed E-state index contributed by atoms with van der Waals surface area (Å²) in [6.07, 6.45) is 2.65. The van der Waals surface area contributed by atoms with E-state index in [9.17, 15) is 0 Å². The average Bonchev–Trinajstić information content (AvgIpc) is 2.87. The zero-order valence-corrected chi connectivity index (χ0v) is 13.5. The Morgan fingerprint density at radius 3 is 2.65 bits per heavy atom. The maximum atomic E-state index is 5.88. The summed E-state index contributed by atoms with van der Waals surface area (Å²) in [6, 6.07) is 2.03. The second-order valence-corrected chi connectivity index (χ2v) is 6.05. The van der Waals surface area contributed by atoms with E-state index in [4.69, 9.17) is 18.0 Å². The van der Waals surface area contributed by atoms with Gasteiger partial charge in [-0.25, -0.2) is 4.98 Å². The topological polar surface area (TPSA) is 45.4 Å². The molecule has 5 heteroatoms. The van der Waals surface area contributed by atoms with E-state index in [1.165, 1.54) is 25.9 Å². The van der Waals surface area contributed by atoms with Gasteiger partial charge >= 0.3 is 0 Å². The smallest absolute Gasteiger partial charge is 0.139 e. The predicted molar refractivity (Wildman–Crippen MR) is 88.5 cm³/mol. The van der Waals surface area contributed by atoms with Gasteiger partial charge in [-0.2, -0.15) is 0 Å². The zero-order valence-electron chi connectivity index (χ0n) is 12.6. The third-order valence-electron chi connectivity index (χ3n) is 3.88. The van der Waals surface area contributed by atoms with E-state index in [0.717, 1.165) is 35.7 Å². The van der Waals surface area contributed by atoms with E-state index < -0.39 is 0 Å². The first-order valence-electron chi connectivity index (χ1n) is 7.20. The fourth-order valence-electron chi connectivity index (χ4n) is 2.80. The third-order valence-corrected chi connectivity index (χ3v) is 4.09. The summed E-state index contributed by atoms with van der Waals surface area (Å²) in [5.74, 6) is 0.911. The van der Waals surface area contributed by atoms with Crippen molar-refractivity contribution in [2.45, 2.75) is 26.7 Å². The van der Waals surface area contributed by atoms with Gasteiger partial charge in [0.15, 0.2) is 0 Å². The van der Waals surface area contributed by atoms with Crippen molar-refractivity contribution >= 4 is 23.0 Å². The van der Waals surface area contributed by atoms with Gasteiger partial charge in [0.05, 0.1) is 5.56 Å². The van der Waals surface area contributed by atoms with Crippen molar-refractivity contribution in [2.75, 3.05) is 38.1 Å². The highest BCUT2D eigenvalue weighted by molar-refractivity contribution is 7.80. The van der Waals surface area contributed by atoms with Gasteiger partial charge in [0, 0.05) is 25.8 Å². The molecule has 1 aliphatic heterocycles. The number of hydrogen-bond donors (Lipinski definition) is 1. The van der Waals surface area contributed by atoms with Gasteiger partial charge in [-0.05, 0) is 51.4 Å². The van der Waals surface area contributed by atoms with Crippen LogP contribution in [0.2, 0.25) is 0 Å². The van der Waals surface area contributed by atoms with Crippen LogP contribution in [0.1, 0.15) is 29.7 Å². The molecular weight excluding hydrogens is 268 g/mol. The van der Waals surface area contributed by atoms with Gasteiger partial charge < -0.3 is 15.5 Å². The summed E-state index contributed by atoms with van der Waals surface area (Å²) in [5, 5.41) is 0. The van der Waals surface area contributed by atoms with Gasteiger partial charge in [-0.15, -0.1) is 0 Å². The number of aromatic nitrogens is 1. The number of hydrogen-bond acceptors (Lipinski definition) is 4. The molecule has 2 N–H and O–H groups in total. The van der Waals surface area contributed by atoms with Crippen LogP contribution >= 0.6 is 12.2 Å². The van der Waals surface area contributed by atoms with E-state index in [1.54, 1.807) is 0 Å². The van der Waals surface area contributed by atoms with Crippen LogP contribution in [0.25, 0.3) is 0 Å². The first kappa shape index (κ1) is 15.2. The molecule has 1 aromatic rings. The van der Waals surface area contributed by atoms with Gasteiger partial charge in [0.25, 0.3) is 0 Å². The summed E-state index contributed by atoms with van der Waals surface area (Å²) in [6.45, 7) is 8.51. The van der Waals surface area contributed by atoms with E-state index in [2.05, 4.69) is 21.8 Å². The fourth-order valence-corrected chi connectivity index (χ4v) is 3.05. The minimum absolute atomic E-state index is 0.429.